The molecule has 0 radical (unpaired) electrons. The summed E-state index contributed by atoms with van der Waals surface area (Å²) < 4.78 is 1.95. The smallest absolute Gasteiger partial charge is 0.257 e. The van der Waals surface area contributed by atoms with E-state index in [-0.39, 0.29) is 29.8 Å². The fourth-order valence-electron chi connectivity index (χ4n) is 3.57. The quantitative estimate of drug-likeness (QED) is 0.891. The minimum Gasteiger partial charge on any atom is -0.338 e. The Kier molecular flexibility index (Phi) is 6.48. The third kappa shape index (κ3) is 4.10. The lowest BCUT2D eigenvalue weighted by Crippen LogP contribution is -2.54. The van der Waals surface area contributed by atoms with Gasteiger partial charge in [0.15, 0.2) is 0 Å². The number of carbonyl (C=O) groups is 1. The molecule has 0 bridgehead atoms. The second-order valence-corrected chi connectivity index (χ2v) is 7.61. The third-order valence-electron chi connectivity index (χ3n) is 5.29. The van der Waals surface area contributed by atoms with Crippen LogP contribution in [0.3, 0.4) is 0 Å². The molecule has 1 saturated heterocycles. The van der Waals surface area contributed by atoms with Crippen LogP contribution in [0, 0.1) is 5.41 Å². The van der Waals surface area contributed by atoms with Crippen molar-refractivity contribution in [2.24, 2.45) is 11.1 Å². The molecule has 3 rings (SSSR count). The number of hydrogen-bond donors (Lipinski definition) is 1. The van der Waals surface area contributed by atoms with Gasteiger partial charge in [-0.05, 0) is 23.8 Å². The minimum absolute atomic E-state index is 0. The van der Waals surface area contributed by atoms with Gasteiger partial charge in [-0.3, -0.25) is 9.48 Å². The summed E-state index contributed by atoms with van der Waals surface area (Å²) in [7, 11) is 0. The Labute approximate surface area is 162 Å². The molecule has 1 aliphatic rings. The zero-order valence-electron chi connectivity index (χ0n) is 15.8. The predicted octanol–water partition coefficient (Wildman–Crippen LogP) is 3.12. The van der Waals surface area contributed by atoms with Crippen molar-refractivity contribution in [3.05, 3.63) is 53.3 Å². The SMILES string of the molecule is CCc1c(C(=O)N2CCC(N)C(C)(C)C2)cnn1Cc1ccccc1.Cl. The van der Waals surface area contributed by atoms with Crippen molar-refractivity contribution in [3.63, 3.8) is 0 Å². The molecule has 1 aliphatic heterocycles. The van der Waals surface area contributed by atoms with E-state index in [4.69, 9.17) is 5.73 Å². The summed E-state index contributed by atoms with van der Waals surface area (Å²) in [5, 5.41) is 4.49. The highest BCUT2D eigenvalue weighted by Gasteiger charge is 2.36. The largest absolute Gasteiger partial charge is 0.338 e. The summed E-state index contributed by atoms with van der Waals surface area (Å²) in [5.74, 6) is 0.0798. The van der Waals surface area contributed by atoms with Crippen LogP contribution in [0.15, 0.2) is 36.5 Å². The zero-order valence-corrected chi connectivity index (χ0v) is 16.6. The fourth-order valence-corrected chi connectivity index (χ4v) is 3.57. The molecule has 0 aliphatic carbocycles. The number of benzene rings is 1. The first kappa shape index (κ1) is 20.5. The maximum Gasteiger partial charge on any atom is 0.257 e. The summed E-state index contributed by atoms with van der Waals surface area (Å²) in [6.07, 6.45) is 3.36. The number of piperidine rings is 1. The van der Waals surface area contributed by atoms with Crippen LogP contribution in [0.2, 0.25) is 0 Å². The zero-order chi connectivity index (χ0) is 18.0. The Morgan fingerprint density at radius 2 is 2.00 bits per heavy atom. The molecular formula is C20H29ClN4O. The highest BCUT2D eigenvalue weighted by molar-refractivity contribution is 5.95. The Balaban J connectivity index is 0.00000243. The molecule has 2 aromatic rings. The van der Waals surface area contributed by atoms with Gasteiger partial charge in [-0.25, -0.2) is 0 Å². The standard InChI is InChI=1S/C20H28N4O.ClH/c1-4-17-16(12-22-24(17)13-15-8-6-5-7-9-15)19(25)23-11-10-18(21)20(2,3)14-23;/h5-9,12,18H,4,10-11,13-14,21H2,1-3H3;1H. The Morgan fingerprint density at radius 3 is 2.62 bits per heavy atom. The van der Waals surface area contributed by atoms with Crippen LogP contribution in [0.25, 0.3) is 0 Å². The van der Waals surface area contributed by atoms with Gasteiger partial charge in [-0.2, -0.15) is 5.10 Å². The van der Waals surface area contributed by atoms with Crippen LogP contribution in [-0.2, 0) is 13.0 Å². The minimum atomic E-state index is -0.0552. The number of hydrogen-bond acceptors (Lipinski definition) is 3. The first-order chi connectivity index (χ1) is 11.9. The van der Waals surface area contributed by atoms with E-state index in [1.165, 1.54) is 5.56 Å². The maximum atomic E-state index is 13.1. The van der Waals surface area contributed by atoms with Crippen molar-refractivity contribution in [1.29, 1.82) is 0 Å². The van der Waals surface area contributed by atoms with Crippen LogP contribution in [-0.4, -0.2) is 39.7 Å². The Hall–Kier alpha value is -1.85. The number of amides is 1. The van der Waals surface area contributed by atoms with E-state index in [0.717, 1.165) is 30.6 Å². The second-order valence-electron chi connectivity index (χ2n) is 7.61. The molecule has 1 amide bonds. The molecule has 6 heteroatoms. The molecule has 142 valence electrons. The summed E-state index contributed by atoms with van der Waals surface area (Å²) in [4.78, 5) is 15.0. The van der Waals surface area contributed by atoms with Crippen LogP contribution in [0.1, 0.15) is 48.8 Å². The van der Waals surface area contributed by atoms with Gasteiger partial charge >= 0.3 is 0 Å². The normalized spacial score (nSPS) is 19.1. The lowest BCUT2D eigenvalue weighted by Gasteiger charge is -2.42. The van der Waals surface area contributed by atoms with Crippen LogP contribution in [0.5, 0.6) is 0 Å². The van der Waals surface area contributed by atoms with E-state index in [1.54, 1.807) is 6.20 Å². The van der Waals surface area contributed by atoms with Gasteiger partial charge in [0.05, 0.1) is 24.0 Å². The number of rotatable bonds is 4. The molecule has 26 heavy (non-hydrogen) atoms. The average molecular weight is 377 g/mol. The molecule has 1 atom stereocenters. The monoisotopic (exact) mass is 376 g/mol. The summed E-state index contributed by atoms with van der Waals surface area (Å²) >= 11 is 0. The molecular weight excluding hydrogens is 348 g/mol. The number of nitrogens with two attached hydrogens (primary N) is 1. The van der Waals surface area contributed by atoms with Gasteiger partial charge < -0.3 is 10.6 Å². The molecule has 1 aromatic heterocycles. The number of likely N-dealkylation sites (tertiary alicyclic amines) is 1. The lowest BCUT2D eigenvalue weighted by atomic mass is 9.79. The van der Waals surface area contributed by atoms with Crippen molar-refractivity contribution in [1.82, 2.24) is 14.7 Å². The molecule has 2 N–H and O–H groups in total. The molecule has 1 fully saturated rings. The highest BCUT2D eigenvalue weighted by Crippen LogP contribution is 2.29. The van der Waals surface area contributed by atoms with Gasteiger partial charge in [0.2, 0.25) is 0 Å². The van der Waals surface area contributed by atoms with E-state index < -0.39 is 0 Å². The first-order valence-electron chi connectivity index (χ1n) is 9.06. The highest BCUT2D eigenvalue weighted by atomic mass is 35.5. The number of nitrogens with zero attached hydrogens (tertiary/aromatic N) is 3. The fraction of sp³-hybridized carbons (Fsp3) is 0.500. The van der Waals surface area contributed by atoms with Crippen molar-refractivity contribution in [2.45, 2.75) is 46.2 Å². The molecule has 2 heterocycles. The average Bonchev–Trinajstić information content (AvgIpc) is 3.00. The number of aromatic nitrogens is 2. The Morgan fingerprint density at radius 1 is 1.31 bits per heavy atom. The number of halogens is 1. The van der Waals surface area contributed by atoms with E-state index in [0.29, 0.717) is 13.1 Å². The molecule has 1 unspecified atom stereocenters. The third-order valence-corrected chi connectivity index (χ3v) is 5.29. The molecule has 0 saturated carbocycles. The Bertz CT molecular complexity index is 742. The lowest BCUT2D eigenvalue weighted by molar-refractivity contribution is 0.0532. The van der Waals surface area contributed by atoms with Crippen LogP contribution < -0.4 is 5.73 Å². The van der Waals surface area contributed by atoms with Gasteiger partial charge in [0.25, 0.3) is 5.91 Å². The van der Waals surface area contributed by atoms with Gasteiger partial charge in [0.1, 0.15) is 0 Å². The van der Waals surface area contributed by atoms with E-state index in [1.807, 2.05) is 27.8 Å². The van der Waals surface area contributed by atoms with E-state index >= 15 is 0 Å². The van der Waals surface area contributed by atoms with E-state index in [9.17, 15) is 4.79 Å². The van der Waals surface area contributed by atoms with Gasteiger partial charge in [-0.15, -0.1) is 12.4 Å². The van der Waals surface area contributed by atoms with Crippen LogP contribution in [0.4, 0.5) is 0 Å². The van der Waals surface area contributed by atoms with Crippen molar-refractivity contribution < 1.29 is 4.79 Å². The summed E-state index contributed by atoms with van der Waals surface area (Å²) in [6, 6.07) is 10.4. The van der Waals surface area contributed by atoms with Crippen molar-refractivity contribution >= 4 is 18.3 Å². The van der Waals surface area contributed by atoms with Crippen molar-refractivity contribution in [2.75, 3.05) is 13.1 Å². The first-order valence-corrected chi connectivity index (χ1v) is 9.06. The van der Waals surface area contributed by atoms with Gasteiger partial charge in [0, 0.05) is 19.1 Å². The van der Waals surface area contributed by atoms with Crippen molar-refractivity contribution in [3.8, 4) is 0 Å². The number of carbonyl (C=O) groups excluding carboxylic acids is 1. The summed E-state index contributed by atoms with van der Waals surface area (Å²) in [5.41, 5.74) is 9.06. The summed E-state index contributed by atoms with van der Waals surface area (Å²) in [6.45, 7) is 8.45. The second kappa shape index (κ2) is 8.23. The molecule has 0 spiro atoms. The van der Waals surface area contributed by atoms with Crippen LogP contribution >= 0.6 is 12.4 Å². The molecule has 5 nitrogen and oxygen atoms in total. The van der Waals surface area contributed by atoms with Gasteiger partial charge in [-0.1, -0.05) is 51.1 Å². The maximum absolute atomic E-state index is 13.1. The molecule has 1 aromatic carbocycles. The topological polar surface area (TPSA) is 64.2 Å². The van der Waals surface area contributed by atoms with E-state index in [2.05, 4.69) is 38.0 Å². The predicted molar refractivity (Wildman–Crippen MR) is 107 cm³/mol.